The Morgan fingerprint density at radius 3 is 2.57 bits per heavy atom. The summed E-state index contributed by atoms with van der Waals surface area (Å²) in [7, 11) is 0. The Morgan fingerprint density at radius 1 is 1.07 bits per heavy atom. The smallest absolute Gasteiger partial charge is 0.315 e. The molecule has 0 aromatic rings. The third kappa shape index (κ3) is 4.74. The normalized spacial score (nSPS) is 36.8. The van der Waals surface area contributed by atoms with Crippen LogP contribution in [0.1, 0.15) is 57.8 Å². The summed E-state index contributed by atoms with van der Waals surface area (Å²) in [4.78, 5) is 50.5. The maximum atomic E-state index is 13.0. The molecule has 4 unspecified atom stereocenters. The lowest BCUT2D eigenvalue weighted by atomic mass is 9.75. The van der Waals surface area contributed by atoms with E-state index in [9.17, 15) is 19.2 Å². The molecule has 0 radical (unpaired) electrons. The number of urea groups is 1. The number of hydrogen-bond acceptors (Lipinski definition) is 4. The Bertz CT molecular complexity index is 709. The number of hydrogen-bond donors (Lipinski definition) is 3. The molecule has 2 aliphatic carbocycles. The van der Waals surface area contributed by atoms with Gasteiger partial charge in [0.15, 0.2) is 0 Å². The quantitative estimate of drug-likeness (QED) is 0.456. The lowest BCUT2D eigenvalue weighted by Gasteiger charge is -2.30. The Kier molecular flexibility index (Phi) is 6.51. The third-order valence-electron chi connectivity index (χ3n) is 7.26. The molecule has 4 fully saturated rings. The second kappa shape index (κ2) is 9.12. The van der Waals surface area contributed by atoms with Crippen LogP contribution in [-0.4, -0.2) is 59.2 Å². The number of piperidine rings is 1. The molecule has 2 saturated carbocycles. The minimum atomic E-state index is -0.522. The minimum absolute atomic E-state index is 0.0292. The fourth-order valence-corrected chi connectivity index (χ4v) is 5.77. The van der Waals surface area contributed by atoms with E-state index in [1.807, 2.05) is 0 Å². The van der Waals surface area contributed by atoms with Crippen LogP contribution in [0.4, 0.5) is 4.79 Å². The van der Waals surface area contributed by atoms with Crippen molar-refractivity contribution in [3.63, 3.8) is 0 Å². The average molecular weight is 439 g/mol. The zero-order valence-electron chi connectivity index (χ0n) is 17.2. The molecular formula is C21H31ClN4O4. The topological polar surface area (TPSA) is 108 Å². The van der Waals surface area contributed by atoms with E-state index in [2.05, 4.69) is 16.0 Å². The van der Waals surface area contributed by atoms with Gasteiger partial charge < -0.3 is 15.5 Å². The van der Waals surface area contributed by atoms with Crippen LogP contribution in [0.3, 0.4) is 0 Å². The number of likely N-dealkylation sites (tertiary alicyclic amines) is 1. The molecule has 2 aliphatic heterocycles. The van der Waals surface area contributed by atoms with Gasteiger partial charge in [0.2, 0.25) is 17.7 Å². The summed E-state index contributed by atoms with van der Waals surface area (Å²) in [6.45, 7) is 1.16. The standard InChI is InChI=1S/C21H31ClN4O4/c22-14-3-5-15(6-4-14)24-21(30)23-10-12-1-2-13-11-26(20(29)16(13)9-12)17-7-8-18(27)25-19(17)28/h12-17H,1-11H2,(H2,23,24,30)(H,25,27,28). The first-order chi connectivity index (χ1) is 14.4. The van der Waals surface area contributed by atoms with Gasteiger partial charge in [-0.15, -0.1) is 11.6 Å². The number of carbonyl (C=O) groups is 4. The van der Waals surface area contributed by atoms with Crippen LogP contribution in [0.25, 0.3) is 0 Å². The van der Waals surface area contributed by atoms with Crippen LogP contribution in [-0.2, 0) is 14.4 Å². The van der Waals surface area contributed by atoms with Gasteiger partial charge in [0.05, 0.1) is 0 Å². The van der Waals surface area contributed by atoms with Crippen molar-refractivity contribution in [3.8, 4) is 0 Å². The fourth-order valence-electron chi connectivity index (χ4n) is 5.51. The summed E-state index contributed by atoms with van der Waals surface area (Å²) < 4.78 is 0. The molecule has 166 valence electrons. The van der Waals surface area contributed by atoms with Crippen molar-refractivity contribution in [2.45, 2.75) is 75.2 Å². The number of amides is 5. The number of alkyl halides is 1. The lowest BCUT2D eigenvalue weighted by Crippen LogP contribution is -2.53. The van der Waals surface area contributed by atoms with Crippen molar-refractivity contribution in [2.75, 3.05) is 13.1 Å². The first-order valence-electron chi connectivity index (χ1n) is 11.2. The van der Waals surface area contributed by atoms with Crippen LogP contribution in [0.5, 0.6) is 0 Å². The highest BCUT2D eigenvalue weighted by Gasteiger charge is 2.48. The van der Waals surface area contributed by atoms with E-state index < -0.39 is 6.04 Å². The highest BCUT2D eigenvalue weighted by atomic mass is 35.5. The van der Waals surface area contributed by atoms with Crippen molar-refractivity contribution in [1.82, 2.24) is 20.9 Å². The lowest BCUT2D eigenvalue weighted by molar-refractivity contribution is -0.144. The van der Waals surface area contributed by atoms with E-state index in [1.54, 1.807) is 4.90 Å². The van der Waals surface area contributed by atoms with Crippen molar-refractivity contribution in [1.29, 1.82) is 0 Å². The Hall–Kier alpha value is -1.83. The van der Waals surface area contributed by atoms with Gasteiger partial charge >= 0.3 is 6.03 Å². The summed E-state index contributed by atoms with van der Waals surface area (Å²) in [5.41, 5.74) is 0. The van der Waals surface area contributed by atoms with Crippen LogP contribution in [0.2, 0.25) is 0 Å². The van der Waals surface area contributed by atoms with E-state index in [0.29, 0.717) is 19.5 Å². The molecule has 4 rings (SSSR count). The average Bonchev–Trinajstić information content (AvgIpc) is 3.04. The van der Waals surface area contributed by atoms with Crippen molar-refractivity contribution >= 4 is 35.4 Å². The second-order valence-electron chi connectivity index (χ2n) is 9.31. The molecule has 4 atom stereocenters. The second-order valence-corrected chi connectivity index (χ2v) is 9.92. The summed E-state index contributed by atoms with van der Waals surface area (Å²) in [5, 5.41) is 8.60. The Balaban J connectivity index is 1.24. The fraction of sp³-hybridized carbons (Fsp3) is 0.810. The molecule has 9 heteroatoms. The van der Waals surface area contributed by atoms with Crippen LogP contribution in [0, 0.1) is 17.8 Å². The Morgan fingerprint density at radius 2 is 1.83 bits per heavy atom. The summed E-state index contributed by atoms with van der Waals surface area (Å²) >= 11 is 6.12. The molecule has 0 bridgehead atoms. The molecule has 0 spiro atoms. The molecule has 0 aromatic heterocycles. The van der Waals surface area contributed by atoms with Crippen molar-refractivity contribution in [2.24, 2.45) is 17.8 Å². The molecule has 3 N–H and O–H groups in total. The van der Waals surface area contributed by atoms with Crippen LogP contribution in [0.15, 0.2) is 0 Å². The zero-order valence-corrected chi connectivity index (χ0v) is 18.0. The number of imide groups is 1. The summed E-state index contributed by atoms with van der Waals surface area (Å²) in [6.07, 6.45) is 7.03. The maximum Gasteiger partial charge on any atom is 0.315 e. The SMILES string of the molecule is O=C1CCC(N2CC3CCC(CNC(=O)NC4CCC(Cl)CC4)CC3C2=O)C(=O)N1. The van der Waals surface area contributed by atoms with E-state index in [1.165, 1.54) is 0 Å². The van der Waals surface area contributed by atoms with Gasteiger partial charge in [0, 0.05) is 36.8 Å². The van der Waals surface area contributed by atoms with E-state index >= 15 is 0 Å². The van der Waals surface area contributed by atoms with E-state index in [-0.39, 0.29) is 59.3 Å². The van der Waals surface area contributed by atoms with Crippen molar-refractivity contribution in [3.05, 3.63) is 0 Å². The first-order valence-corrected chi connectivity index (χ1v) is 11.7. The zero-order chi connectivity index (χ0) is 21.3. The van der Waals surface area contributed by atoms with E-state index in [4.69, 9.17) is 11.6 Å². The minimum Gasteiger partial charge on any atom is -0.338 e. The predicted octanol–water partition coefficient (Wildman–Crippen LogP) is 1.52. The molecule has 8 nitrogen and oxygen atoms in total. The third-order valence-corrected chi connectivity index (χ3v) is 7.70. The number of halogens is 1. The molecular weight excluding hydrogens is 408 g/mol. The number of nitrogens with zero attached hydrogens (tertiary/aromatic N) is 1. The van der Waals surface area contributed by atoms with Gasteiger partial charge in [-0.3, -0.25) is 19.7 Å². The summed E-state index contributed by atoms with van der Waals surface area (Å²) in [6, 6.07) is -0.474. The summed E-state index contributed by atoms with van der Waals surface area (Å²) in [5.74, 6) is -0.142. The van der Waals surface area contributed by atoms with Gasteiger partial charge in [-0.05, 0) is 63.2 Å². The first kappa shape index (κ1) is 21.4. The molecule has 0 aromatic carbocycles. The predicted molar refractivity (Wildman–Crippen MR) is 111 cm³/mol. The Labute approximate surface area is 181 Å². The monoisotopic (exact) mass is 438 g/mol. The van der Waals surface area contributed by atoms with Gasteiger partial charge in [0.25, 0.3) is 0 Å². The highest BCUT2D eigenvalue weighted by molar-refractivity contribution is 6.20. The van der Waals surface area contributed by atoms with Gasteiger partial charge in [-0.25, -0.2) is 4.79 Å². The van der Waals surface area contributed by atoms with Crippen LogP contribution < -0.4 is 16.0 Å². The number of nitrogens with one attached hydrogen (secondary N) is 3. The largest absolute Gasteiger partial charge is 0.338 e. The van der Waals surface area contributed by atoms with Gasteiger partial charge in [0.1, 0.15) is 6.04 Å². The van der Waals surface area contributed by atoms with E-state index in [0.717, 1.165) is 44.9 Å². The molecule has 2 saturated heterocycles. The molecule has 2 heterocycles. The maximum absolute atomic E-state index is 13.0. The molecule has 4 aliphatic rings. The molecule has 5 amide bonds. The van der Waals surface area contributed by atoms with Gasteiger partial charge in [-0.1, -0.05) is 0 Å². The number of carbonyl (C=O) groups excluding carboxylic acids is 4. The number of rotatable bonds is 4. The van der Waals surface area contributed by atoms with Crippen molar-refractivity contribution < 1.29 is 19.2 Å². The highest BCUT2D eigenvalue weighted by Crippen LogP contribution is 2.41. The molecule has 30 heavy (non-hydrogen) atoms. The van der Waals surface area contributed by atoms with Crippen LogP contribution >= 0.6 is 11.6 Å². The number of fused-ring (bicyclic) bond motifs is 1. The van der Waals surface area contributed by atoms with Gasteiger partial charge in [-0.2, -0.15) is 0 Å².